The lowest BCUT2D eigenvalue weighted by atomic mass is 9.68. The van der Waals surface area contributed by atoms with Crippen molar-refractivity contribution in [3.8, 4) is 5.75 Å². The zero-order chi connectivity index (χ0) is 31.0. The highest BCUT2D eigenvalue weighted by atomic mass is 35.5. The van der Waals surface area contributed by atoms with Crippen molar-refractivity contribution in [2.24, 2.45) is 35.5 Å². The number of carbonyl (C=O) groups excluding carboxylic acids is 3. The van der Waals surface area contributed by atoms with Crippen molar-refractivity contribution in [3.05, 3.63) is 43.3 Å². The number of thiazole rings is 1. The summed E-state index contributed by atoms with van der Waals surface area (Å²) in [6.07, 6.45) is 0.657. The minimum absolute atomic E-state index is 0.0927. The summed E-state index contributed by atoms with van der Waals surface area (Å²) in [6, 6.07) is 4.01. The highest BCUT2D eigenvalue weighted by molar-refractivity contribution is 8.00. The maximum absolute atomic E-state index is 13.9. The van der Waals surface area contributed by atoms with E-state index in [0.29, 0.717) is 43.5 Å². The zero-order valence-corrected chi connectivity index (χ0v) is 26.5. The summed E-state index contributed by atoms with van der Waals surface area (Å²) in [4.78, 5) is 71.8. The van der Waals surface area contributed by atoms with Crippen molar-refractivity contribution in [1.82, 2.24) is 14.8 Å². The lowest BCUT2D eigenvalue weighted by molar-refractivity contribution is -0.157. The standard InChI is InChI=1S/C30H32ClN3O8S2/c1-12(2)23(29(38)39)34-27(36)21-15-10-16(22(21)28(34)37)24-20(15)19(25-26(43-24)32-30(40)44-25)14-9-13(31)3-4-17(14)42-11-18(35)33-5-7-41-8-6-33/h3-4,9,12,15-16,19-24H,5-8,10-11H2,1-2H3,(H,32,40)(H,38,39)/t15?,16?,19-,20?,21?,22?,23?,24?/m1/s1. The van der Waals surface area contributed by atoms with Crippen LogP contribution in [0.1, 0.15) is 36.6 Å². The number of carboxylic acids is 1. The van der Waals surface area contributed by atoms with Crippen LogP contribution in [0.15, 0.2) is 28.0 Å². The number of benzene rings is 1. The highest BCUT2D eigenvalue weighted by Gasteiger charge is 2.70. The molecule has 8 atom stereocenters. The summed E-state index contributed by atoms with van der Waals surface area (Å²) in [7, 11) is 0. The number of aliphatic carboxylic acids is 1. The maximum Gasteiger partial charge on any atom is 0.327 e. The fraction of sp³-hybridized carbons (Fsp3) is 0.567. The van der Waals surface area contributed by atoms with Gasteiger partial charge < -0.3 is 24.5 Å². The van der Waals surface area contributed by atoms with Gasteiger partial charge in [0.05, 0.1) is 30.1 Å². The van der Waals surface area contributed by atoms with Gasteiger partial charge in [0.2, 0.25) is 11.8 Å². The average Bonchev–Trinajstić information content (AvgIpc) is 3.72. The Labute approximate surface area is 266 Å². The first-order chi connectivity index (χ1) is 21.1. The topological polar surface area (TPSA) is 146 Å². The van der Waals surface area contributed by atoms with Crippen LogP contribution in [0.2, 0.25) is 5.02 Å². The van der Waals surface area contributed by atoms with Gasteiger partial charge in [-0.2, -0.15) is 0 Å². The zero-order valence-electron chi connectivity index (χ0n) is 24.1. The highest BCUT2D eigenvalue weighted by Crippen LogP contribution is 2.69. The van der Waals surface area contributed by atoms with E-state index in [9.17, 15) is 29.1 Å². The van der Waals surface area contributed by atoms with Gasteiger partial charge in [-0.1, -0.05) is 36.8 Å². The molecule has 2 N–H and O–H groups in total. The van der Waals surface area contributed by atoms with E-state index in [1.54, 1.807) is 48.7 Å². The number of nitrogens with one attached hydrogen (secondary N) is 1. The minimum Gasteiger partial charge on any atom is -0.483 e. The molecule has 4 fully saturated rings. The number of hydrogen-bond acceptors (Lipinski definition) is 9. The van der Waals surface area contributed by atoms with Crippen molar-refractivity contribution in [1.29, 1.82) is 0 Å². The van der Waals surface area contributed by atoms with Crippen LogP contribution < -0.4 is 9.61 Å². The van der Waals surface area contributed by atoms with Gasteiger partial charge in [-0.15, -0.1) is 11.8 Å². The summed E-state index contributed by atoms with van der Waals surface area (Å²) < 4.78 is 11.5. The molecule has 44 heavy (non-hydrogen) atoms. The Morgan fingerprint density at radius 3 is 2.52 bits per heavy atom. The number of carbonyl (C=O) groups is 4. The predicted octanol–water partition coefficient (Wildman–Crippen LogP) is 2.91. The Morgan fingerprint density at radius 1 is 1.14 bits per heavy atom. The Balaban J connectivity index is 1.26. The van der Waals surface area contributed by atoms with Crippen molar-refractivity contribution in [2.45, 2.75) is 42.5 Å². The molecule has 11 nitrogen and oxygen atoms in total. The Kier molecular flexibility index (Phi) is 7.58. The summed E-state index contributed by atoms with van der Waals surface area (Å²) in [5.74, 6) is -4.22. The van der Waals surface area contributed by atoms with Crippen LogP contribution >= 0.6 is 34.7 Å². The molecular weight excluding hydrogens is 630 g/mol. The molecule has 4 heterocycles. The van der Waals surface area contributed by atoms with E-state index in [4.69, 9.17) is 21.1 Å². The number of likely N-dealkylation sites (tertiary alicyclic amines) is 1. The molecule has 3 aliphatic heterocycles. The largest absolute Gasteiger partial charge is 0.483 e. The second kappa shape index (κ2) is 11.2. The fourth-order valence-electron chi connectivity index (χ4n) is 8.29. The molecule has 2 bridgehead atoms. The van der Waals surface area contributed by atoms with E-state index >= 15 is 0 Å². The van der Waals surface area contributed by atoms with Crippen molar-refractivity contribution >= 4 is 58.4 Å². The van der Waals surface area contributed by atoms with Crippen LogP contribution in [-0.4, -0.2) is 87.8 Å². The van der Waals surface area contributed by atoms with E-state index in [-0.39, 0.29) is 46.3 Å². The summed E-state index contributed by atoms with van der Waals surface area (Å²) in [5.41, 5.74) is 0.724. The van der Waals surface area contributed by atoms with Gasteiger partial charge >= 0.3 is 10.8 Å². The first-order valence-electron chi connectivity index (χ1n) is 14.8. The fourth-order valence-corrected chi connectivity index (χ4v) is 11.4. The first kappa shape index (κ1) is 29.8. The van der Waals surface area contributed by atoms with Gasteiger partial charge in [-0.3, -0.25) is 24.1 Å². The van der Waals surface area contributed by atoms with E-state index in [2.05, 4.69) is 4.98 Å². The maximum atomic E-state index is 13.9. The number of rotatable bonds is 7. The SMILES string of the molecule is CC(C)C(C(=O)O)N1C(=O)C2C3CC(C2C1=O)C1C3Sc2[nH]c(=O)sc2[C@@H]1c1cc(Cl)ccc1OCC(=O)N1CCOCC1. The lowest BCUT2D eigenvalue weighted by Crippen LogP contribution is -2.49. The number of carboxylic acid groups (broad SMARTS) is 1. The molecule has 234 valence electrons. The van der Waals surface area contributed by atoms with E-state index in [0.717, 1.165) is 31.7 Å². The number of nitrogens with zero attached hydrogens (tertiary/aromatic N) is 2. The Morgan fingerprint density at radius 2 is 1.84 bits per heavy atom. The monoisotopic (exact) mass is 661 g/mol. The average molecular weight is 662 g/mol. The van der Waals surface area contributed by atoms with Gasteiger partial charge in [0.25, 0.3) is 5.91 Å². The summed E-state index contributed by atoms with van der Waals surface area (Å²) in [6.45, 7) is 5.17. The number of amides is 3. The molecule has 14 heteroatoms. The van der Waals surface area contributed by atoms with Crippen molar-refractivity contribution in [3.63, 3.8) is 0 Å². The molecule has 5 aliphatic rings. The quantitative estimate of drug-likeness (QED) is 0.428. The number of thioether (sulfide) groups is 1. The van der Waals surface area contributed by atoms with E-state index in [1.807, 2.05) is 0 Å². The summed E-state index contributed by atoms with van der Waals surface area (Å²) >= 11 is 9.20. The third-order valence-corrected chi connectivity index (χ3v) is 12.8. The van der Waals surface area contributed by atoms with Crippen LogP contribution in [0, 0.1) is 35.5 Å². The third kappa shape index (κ3) is 4.61. The predicted molar refractivity (Wildman–Crippen MR) is 161 cm³/mol. The van der Waals surface area contributed by atoms with Gasteiger partial charge in [-0.05, 0) is 48.3 Å². The van der Waals surface area contributed by atoms with Crippen LogP contribution in [0.5, 0.6) is 5.75 Å². The van der Waals surface area contributed by atoms with Gasteiger partial charge in [0.15, 0.2) is 6.61 Å². The number of fused-ring (bicyclic) bond motifs is 9. The molecule has 7 rings (SSSR count). The Hall–Kier alpha value is -2.87. The number of aromatic amines is 1. The minimum atomic E-state index is -1.22. The smallest absolute Gasteiger partial charge is 0.327 e. The Bertz CT molecular complexity index is 1600. The molecule has 2 aromatic rings. The number of aromatic nitrogens is 1. The number of ether oxygens (including phenoxy) is 2. The van der Waals surface area contributed by atoms with E-state index < -0.39 is 41.6 Å². The van der Waals surface area contributed by atoms with Crippen LogP contribution in [-0.2, 0) is 23.9 Å². The van der Waals surface area contributed by atoms with Crippen LogP contribution in [0.25, 0.3) is 0 Å². The van der Waals surface area contributed by atoms with Gasteiger partial charge in [0.1, 0.15) is 11.8 Å². The molecule has 3 amide bonds. The van der Waals surface area contributed by atoms with Gasteiger partial charge in [0, 0.05) is 39.7 Å². The van der Waals surface area contributed by atoms with Gasteiger partial charge in [-0.25, -0.2) is 4.79 Å². The van der Waals surface area contributed by atoms with Crippen molar-refractivity contribution in [2.75, 3.05) is 32.9 Å². The molecule has 0 spiro atoms. The second-order valence-electron chi connectivity index (χ2n) is 12.5. The molecule has 2 aliphatic carbocycles. The summed E-state index contributed by atoms with van der Waals surface area (Å²) in [5, 5.41) is 11.0. The molecule has 2 saturated heterocycles. The number of halogens is 1. The lowest BCUT2D eigenvalue weighted by Gasteiger charge is -2.43. The molecular formula is C30H32ClN3O8S2. The molecule has 1 aromatic heterocycles. The van der Waals surface area contributed by atoms with Crippen LogP contribution in [0.4, 0.5) is 0 Å². The molecule has 7 unspecified atom stereocenters. The molecule has 2 saturated carbocycles. The van der Waals surface area contributed by atoms with Crippen molar-refractivity contribution < 1.29 is 33.8 Å². The number of morpholine rings is 1. The number of H-pyrrole nitrogens is 1. The normalized spacial score (nSPS) is 31.2. The first-order valence-corrected chi connectivity index (χ1v) is 16.9. The van der Waals surface area contributed by atoms with E-state index in [1.165, 1.54) is 0 Å². The molecule has 1 aromatic carbocycles. The molecule has 0 radical (unpaired) electrons. The third-order valence-electron chi connectivity index (χ3n) is 9.94. The number of hydrogen-bond donors (Lipinski definition) is 2. The second-order valence-corrected chi connectivity index (χ2v) is 15.1. The number of imide groups is 1. The van der Waals surface area contributed by atoms with Crippen LogP contribution in [0.3, 0.4) is 0 Å².